The lowest BCUT2D eigenvalue weighted by molar-refractivity contribution is -0.136. The first-order chi connectivity index (χ1) is 12.6. The molecular weight excluding hydrogens is 328 g/mol. The van der Waals surface area contributed by atoms with Crippen molar-refractivity contribution in [2.24, 2.45) is 0 Å². The predicted octanol–water partition coefficient (Wildman–Crippen LogP) is 1.77. The number of piperazine rings is 1. The average molecular weight is 358 g/mol. The Balaban J connectivity index is 1.40. The van der Waals surface area contributed by atoms with Gasteiger partial charge in [0.05, 0.1) is 5.69 Å². The van der Waals surface area contributed by atoms with Crippen molar-refractivity contribution < 1.29 is 4.79 Å². The van der Waals surface area contributed by atoms with E-state index in [2.05, 4.69) is 10.00 Å². The van der Waals surface area contributed by atoms with Gasteiger partial charge in [0, 0.05) is 38.3 Å². The molecule has 1 amide bonds. The third-order valence-electron chi connectivity index (χ3n) is 6.42. The van der Waals surface area contributed by atoms with Gasteiger partial charge in [0.1, 0.15) is 6.04 Å². The summed E-state index contributed by atoms with van der Waals surface area (Å²) in [5.41, 5.74) is 1.91. The minimum atomic E-state index is -0.519. The topological polar surface area (TPSA) is 58.4 Å². The van der Waals surface area contributed by atoms with Crippen LogP contribution in [0, 0.1) is 0 Å². The number of carbonyl (C=O) groups excluding carboxylic acids is 1. The van der Waals surface area contributed by atoms with Gasteiger partial charge >= 0.3 is 0 Å². The van der Waals surface area contributed by atoms with E-state index in [4.69, 9.17) is 0 Å². The fourth-order valence-electron chi connectivity index (χ4n) is 4.82. The van der Waals surface area contributed by atoms with Crippen molar-refractivity contribution >= 4 is 5.91 Å². The van der Waals surface area contributed by atoms with Gasteiger partial charge in [-0.1, -0.05) is 19.3 Å². The van der Waals surface area contributed by atoms with E-state index in [-0.39, 0.29) is 11.5 Å². The van der Waals surface area contributed by atoms with Gasteiger partial charge in [0.25, 0.3) is 5.56 Å². The van der Waals surface area contributed by atoms with Gasteiger partial charge in [-0.2, -0.15) is 5.10 Å². The first-order valence-electron chi connectivity index (χ1n) is 10.3. The maximum absolute atomic E-state index is 12.9. The molecule has 1 atom stereocenters. The number of carbonyl (C=O) groups is 1. The molecule has 1 unspecified atom stereocenters. The van der Waals surface area contributed by atoms with Crippen LogP contribution < -0.4 is 5.56 Å². The maximum atomic E-state index is 12.9. The molecule has 1 aromatic rings. The standard InChI is InChI=1S/C20H30N4O2/c1-15(24-19(25)14-16-6-5-9-18(16)21-24)20(26)23-12-10-22(11-13-23)17-7-3-2-4-8-17/h14-15,17H,2-13H2,1H3. The highest BCUT2D eigenvalue weighted by Crippen LogP contribution is 2.24. The van der Waals surface area contributed by atoms with Gasteiger partial charge in [-0.3, -0.25) is 14.5 Å². The number of hydrogen-bond donors (Lipinski definition) is 0. The Morgan fingerprint density at radius 1 is 1.08 bits per heavy atom. The van der Waals surface area contributed by atoms with Crippen LogP contribution in [0.4, 0.5) is 0 Å². The molecule has 1 saturated carbocycles. The van der Waals surface area contributed by atoms with Crippen LogP contribution in [0.3, 0.4) is 0 Å². The fourth-order valence-corrected chi connectivity index (χ4v) is 4.82. The summed E-state index contributed by atoms with van der Waals surface area (Å²) in [6.45, 7) is 5.25. The van der Waals surface area contributed by atoms with Gasteiger partial charge < -0.3 is 4.90 Å². The zero-order chi connectivity index (χ0) is 18.1. The first-order valence-corrected chi connectivity index (χ1v) is 10.3. The van der Waals surface area contributed by atoms with Crippen molar-refractivity contribution in [3.8, 4) is 0 Å². The van der Waals surface area contributed by atoms with Crippen LogP contribution in [0.1, 0.15) is 62.7 Å². The second-order valence-corrected chi connectivity index (χ2v) is 8.08. The molecule has 1 aliphatic heterocycles. The molecule has 0 spiro atoms. The first kappa shape index (κ1) is 17.7. The molecule has 1 saturated heterocycles. The Morgan fingerprint density at radius 3 is 2.54 bits per heavy atom. The van der Waals surface area contributed by atoms with Crippen molar-refractivity contribution in [2.75, 3.05) is 26.2 Å². The van der Waals surface area contributed by atoms with E-state index in [0.717, 1.165) is 56.7 Å². The number of aryl methyl sites for hydroxylation is 2. The number of aromatic nitrogens is 2. The molecule has 26 heavy (non-hydrogen) atoms. The lowest BCUT2D eigenvalue weighted by Crippen LogP contribution is -2.53. The third kappa shape index (κ3) is 3.43. The minimum absolute atomic E-state index is 0.0286. The smallest absolute Gasteiger partial charge is 0.267 e. The van der Waals surface area contributed by atoms with Crippen LogP contribution in [-0.4, -0.2) is 57.7 Å². The van der Waals surface area contributed by atoms with Crippen LogP contribution in [0.2, 0.25) is 0 Å². The summed E-state index contributed by atoms with van der Waals surface area (Å²) in [5.74, 6) is 0.0286. The summed E-state index contributed by atoms with van der Waals surface area (Å²) in [5, 5.41) is 4.50. The van der Waals surface area contributed by atoms with Gasteiger partial charge in [-0.25, -0.2) is 4.68 Å². The predicted molar refractivity (Wildman–Crippen MR) is 100 cm³/mol. The molecule has 1 aromatic heterocycles. The van der Waals surface area contributed by atoms with E-state index in [1.165, 1.54) is 36.8 Å². The zero-order valence-corrected chi connectivity index (χ0v) is 15.8. The van der Waals surface area contributed by atoms with Crippen LogP contribution in [-0.2, 0) is 17.6 Å². The van der Waals surface area contributed by atoms with Crippen LogP contribution in [0.15, 0.2) is 10.9 Å². The summed E-state index contributed by atoms with van der Waals surface area (Å²) in [6, 6.07) is 1.87. The number of fused-ring (bicyclic) bond motifs is 1. The molecule has 0 bridgehead atoms. The second kappa shape index (κ2) is 7.51. The van der Waals surface area contributed by atoms with E-state index in [9.17, 15) is 9.59 Å². The molecule has 2 aliphatic carbocycles. The highest BCUT2D eigenvalue weighted by molar-refractivity contribution is 5.80. The number of amides is 1. The summed E-state index contributed by atoms with van der Waals surface area (Å²) >= 11 is 0. The molecule has 0 aromatic carbocycles. The van der Waals surface area contributed by atoms with E-state index < -0.39 is 6.04 Å². The molecule has 4 rings (SSSR count). The number of hydrogen-bond acceptors (Lipinski definition) is 4. The van der Waals surface area contributed by atoms with Gasteiger partial charge in [0.2, 0.25) is 5.91 Å². The monoisotopic (exact) mass is 358 g/mol. The molecule has 0 N–H and O–H groups in total. The molecule has 0 radical (unpaired) electrons. The third-order valence-corrected chi connectivity index (χ3v) is 6.42. The average Bonchev–Trinajstić information content (AvgIpc) is 3.14. The summed E-state index contributed by atoms with van der Waals surface area (Å²) in [4.78, 5) is 29.8. The lowest BCUT2D eigenvalue weighted by atomic mass is 9.94. The van der Waals surface area contributed by atoms with Crippen molar-refractivity contribution in [3.63, 3.8) is 0 Å². The maximum Gasteiger partial charge on any atom is 0.267 e. The highest BCUT2D eigenvalue weighted by Gasteiger charge is 2.30. The quantitative estimate of drug-likeness (QED) is 0.826. The second-order valence-electron chi connectivity index (χ2n) is 8.08. The molecule has 3 aliphatic rings. The summed E-state index contributed by atoms with van der Waals surface area (Å²) < 4.78 is 1.40. The number of rotatable bonds is 3. The Labute approximate surface area is 155 Å². The van der Waals surface area contributed by atoms with E-state index in [0.29, 0.717) is 6.04 Å². The van der Waals surface area contributed by atoms with Crippen molar-refractivity contribution in [2.45, 2.75) is 70.4 Å². The van der Waals surface area contributed by atoms with Crippen molar-refractivity contribution in [3.05, 3.63) is 27.7 Å². The fraction of sp³-hybridized carbons (Fsp3) is 0.750. The van der Waals surface area contributed by atoms with Crippen LogP contribution in [0.5, 0.6) is 0 Å². The van der Waals surface area contributed by atoms with E-state index in [1.54, 1.807) is 6.07 Å². The van der Waals surface area contributed by atoms with E-state index >= 15 is 0 Å². The van der Waals surface area contributed by atoms with Crippen LogP contribution >= 0.6 is 0 Å². The van der Waals surface area contributed by atoms with E-state index in [1.807, 2.05) is 11.8 Å². The molecule has 6 nitrogen and oxygen atoms in total. The molecule has 2 heterocycles. The molecule has 2 fully saturated rings. The highest BCUT2D eigenvalue weighted by atomic mass is 16.2. The van der Waals surface area contributed by atoms with Crippen LogP contribution in [0.25, 0.3) is 0 Å². The minimum Gasteiger partial charge on any atom is -0.338 e. The summed E-state index contributed by atoms with van der Waals surface area (Å²) in [7, 11) is 0. The van der Waals surface area contributed by atoms with Gasteiger partial charge in [-0.05, 0) is 44.6 Å². The largest absolute Gasteiger partial charge is 0.338 e. The van der Waals surface area contributed by atoms with Gasteiger partial charge in [-0.15, -0.1) is 0 Å². The Hall–Kier alpha value is -1.69. The molecular formula is C20H30N4O2. The Morgan fingerprint density at radius 2 is 1.81 bits per heavy atom. The number of nitrogens with zero attached hydrogens (tertiary/aromatic N) is 4. The molecule has 6 heteroatoms. The van der Waals surface area contributed by atoms with Crippen molar-refractivity contribution in [1.82, 2.24) is 19.6 Å². The summed E-state index contributed by atoms with van der Waals surface area (Å²) in [6.07, 6.45) is 9.56. The SMILES string of the molecule is CC(C(=O)N1CCN(C2CCCCC2)CC1)n1nc2c(cc1=O)CCC2. The lowest BCUT2D eigenvalue weighted by Gasteiger charge is -2.41. The Kier molecular flexibility index (Phi) is 5.11. The van der Waals surface area contributed by atoms with Crippen molar-refractivity contribution in [1.29, 1.82) is 0 Å². The molecule has 142 valence electrons. The Bertz CT molecular complexity index is 715. The van der Waals surface area contributed by atoms with Gasteiger partial charge in [0.15, 0.2) is 0 Å². The zero-order valence-electron chi connectivity index (χ0n) is 15.8. The normalized spacial score (nSPS) is 23.0.